The van der Waals surface area contributed by atoms with Crippen molar-refractivity contribution in [2.75, 3.05) is 19.6 Å². The van der Waals surface area contributed by atoms with Crippen LogP contribution in [0.25, 0.3) is 0 Å². The second-order valence-electron chi connectivity index (χ2n) is 11.4. The molecule has 0 amide bonds. The molecular weight excluding hydrogens is 370 g/mol. The van der Waals surface area contributed by atoms with Crippen LogP contribution in [0.2, 0.25) is 0 Å². The Labute approximate surface area is 184 Å². The van der Waals surface area contributed by atoms with E-state index in [1.54, 1.807) is 0 Å². The molecular formula is C27H43NO2. The zero-order valence-electron chi connectivity index (χ0n) is 20.2. The molecule has 3 heteroatoms. The highest BCUT2D eigenvalue weighted by Crippen LogP contribution is 2.59. The monoisotopic (exact) mass is 413 g/mol. The fraction of sp³-hybridized carbons (Fsp3) is 0.741. The Bertz CT molecular complexity index is 681. The summed E-state index contributed by atoms with van der Waals surface area (Å²) >= 11 is 0. The van der Waals surface area contributed by atoms with Gasteiger partial charge in [-0.05, 0) is 100 Å². The summed E-state index contributed by atoms with van der Waals surface area (Å²) in [6.07, 6.45) is 6.65. The lowest BCUT2D eigenvalue weighted by Gasteiger charge is -2.57. The zero-order chi connectivity index (χ0) is 22.2. The summed E-state index contributed by atoms with van der Waals surface area (Å²) < 4.78 is 1.09. The van der Waals surface area contributed by atoms with Gasteiger partial charge in [0.25, 0.3) is 0 Å². The average Bonchev–Trinajstić information content (AvgIpc) is 2.69. The molecule has 5 rings (SSSR count). The van der Waals surface area contributed by atoms with E-state index in [9.17, 15) is 9.90 Å². The molecule has 4 aliphatic rings. The first-order valence-corrected chi connectivity index (χ1v) is 12.3. The smallest absolute Gasteiger partial charge is 0.132 e. The van der Waals surface area contributed by atoms with Gasteiger partial charge in [0, 0.05) is 11.4 Å². The lowest BCUT2D eigenvalue weighted by atomic mass is 9.49. The predicted molar refractivity (Wildman–Crippen MR) is 124 cm³/mol. The second-order valence-corrected chi connectivity index (χ2v) is 11.4. The fourth-order valence-electron chi connectivity index (χ4n) is 6.86. The number of carboxylic acids is 1. The van der Waals surface area contributed by atoms with Crippen molar-refractivity contribution < 1.29 is 9.90 Å². The molecule has 0 aromatic heterocycles. The van der Waals surface area contributed by atoms with Crippen LogP contribution in [-0.2, 0) is 10.2 Å². The number of rotatable bonds is 5. The normalized spacial score (nSPS) is 30.0. The van der Waals surface area contributed by atoms with Gasteiger partial charge in [0.2, 0.25) is 0 Å². The molecule has 4 aliphatic carbocycles. The van der Waals surface area contributed by atoms with Gasteiger partial charge < -0.3 is 9.90 Å². The van der Waals surface area contributed by atoms with Gasteiger partial charge in [-0.1, -0.05) is 32.9 Å². The van der Waals surface area contributed by atoms with Crippen LogP contribution in [0.5, 0.6) is 0 Å². The summed E-state index contributed by atoms with van der Waals surface area (Å²) in [5, 5.41) is 11.1. The van der Waals surface area contributed by atoms with Crippen LogP contribution >= 0.6 is 0 Å². The number of carbonyl (C=O) groups excluding carboxylic acids is 1. The highest BCUT2D eigenvalue weighted by molar-refractivity contribution is 5.73. The molecule has 3 nitrogen and oxygen atoms in total. The second kappa shape index (κ2) is 8.65. The molecule has 30 heavy (non-hydrogen) atoms. The molecule has 0 saturated heterocycles. The molecule has 4 saturated carbocycles. The van der Waals surface area contributed by atoms with Gasteiger partial charge in [-0.25, -0.2) is 0 Å². The van der Waals surface area contributed by atoms with E-state index < -0.39 is 11.4 Å². The van der Waals surface area contributed by atoms with Crippen LogP contribution in [0, 0.1) is 23.2 Å². The molecule has 1 aromatic carbocycles. The highest BCUT2D eigenvalue weighted by Gasteiger charge is 2.51. The van der Waals surface area contributed by atoms with E-state index in [0.29, 0.717) is 17.8 Å². The lowest BCUT2D eigenvalue weighted by Crippen LogP contribution is -2.54. The maximum absolute atomic E-state index is 11.1. The highest BCUT2D eigenvalue weighted by atomic mass is 16.4. The Morgan fingerprint density at radius 3 is 1.60 bits per heavy atom. The molecule has 1 aromatic rings. The van der Waals surface area contributed by atoms with Crippen molar-refractivity contribution in [3.63, 3.8) is 0 Å². The number of carbonyl (C=O) groups is 1. The third kappa shape index (κ3) is 4.47. The molecule has 168 valence electrons. The molecule has 0 atom stereocenters. The first-order valence-electron chi connectivity index (χ1n) is 12.3. The van der Waals surface area contributed by atoms with Crippen LogP contribution in [0.1, 0.15) is 85.6 Å². The summed E-state index contributed by atoms with van der Waals surface area (Å²) in [6.45, 7) is 17.2. The number of aliphatic carboxylic acids is 1. The molecule has 0 N–H and O–H groups in total. The third-order valence-electron chi connectivity index (χ3n) is 8.57. The largest absolute Gasteiger partial charge is 0.550 e. The van der Waals surface area contributed by atoms with Gasteiger partial charge in [-0.3, -0.25) is 4.48 Å². The average molecular weight is 414 g/mol. The van der Waals surface area contributed by atoms with Crippen LogP contribution in [0.3, 0.4) is 0 Å². The van der Waals surface area contributed by atoms with E-state index in [0.717, 1.165) is 23.7 Å². The van der Waals surface area contributed by atoms with Crippen molar-refractivity contribution in [3.05, 3.63) is 29.8 Å². The van der Waals surface area contributed by atoms with E-state index in [1.165, 1.54) is 50.1 Å². The summed E-state index contributed by atoms with van der Waals surface area (Å²) in [5.74, 6) is 1.38. The Balaban J connectivity index is 0.000000175. The summed E-state index contributed by atoms with van der Waals surface area (Å²) in [6, 6.07) is 9.22. The Morgan fingerprint density at radius 1 is 0.900 bits per heavy atom. The minimum absolute atomic E-state index is 0.249. The molecule has 0 aliphatic heterocycles. The van der Waals surface area contributed by atoms with Gasteiger partial charge in [0.05, 0.1) is 19.6 Å². The minimum atomic E-state index is -0.758. The van der Waals surface area contributed by atoms with Gasteiger partial charge in [-0.15, -0.1) is 0 Å². The number of nitrogens with zero attached hydrogens (tertiary/aromatic N) is 1. The van der Waals surface area contributed by atoms with E-state index >= 15 is 0 Å². The van der Waals surface area contributed by atoms with Crippen LogP contribution in [0.15, 0.2) is 24.3 Å². The number of carboxylic acid groups (broad SMARTS) is 1. The van der Waals surface area contributed by atoms with Gasteiger partial charge >= 0.3 is 0 Å². The van der Waals surface area contributed by atoms with Crippen molar-refractivity contribution in [1.82, 2.24) is 4.48 Å². The van der Waals surface area contributed by atoms with Crippen molar-refractivity contribution in [3.8, 4) is 0 Å². The van der Waals surface area contributed by atoms with Crippen molar-refractivity contribution >= 4 is 11.7 Å². The third-order valence-corrected chi connectivity index (χ3v) is 8.57. The van der Waals surface area contributed by atoms with Gasteiger partial charge in [0.15, 0.2) is 0 Å². The lowest BCUT2D eigenvalue weighted by molar-refractivity contribution is -0.327. The van der Waals surface area contributed by atoms with Gasteiger partial charge in [-0.2, -0.15) is 0 Å². The maximum atomic E-state index is 11.1. The first-order chi connectivity index (χ1) is 14.1. The van der Waals surface area contributed by atoms with Crippen molar-refractivity contribution in [2.45, 2.75) is 85.5 Å². The van der Waals surface area contributed by atoms with Crippen LogP contribution < -0.4 is 9.59 Å². The molecule has 0 radical (unpaired) electrons. The zero-order valence-corrected chi connectivity index (χ0v) is 20.2. The van der Waals surface area contributed by atoms with E-state index in [1.807, 2.05) is 0 Å². The maximum Gasteiger partial charge on any atom is 0.132 e. The quantitative estimate of drug-likeness (QED) is 0.614. The van der Waals surface area contributed by atoms with E-state index in [-0.39, 0.29) is 5.41 Å². The standard InChI is InChI=1S/C16H28N.C11H16O2/c1-7-17(8-2,9-3)15-12-10-14(11-13-15)16(4,5)6;12-10(13)11-4-7-1-8(5-11)3-9(2-7)6-11/h10-13H,7-9H2,1-6H3;7-9H,1-6H2,(H,12,13)/q+1;/p-1. The SMILES string of the molecule is CC[N+](CC)(CC)c1ccc(C(C)(C)C)cc1.O=C([O-])C12CC3CC(CC(C3)C1)C2. The molecule has 4 bridgehead atoms. The number of quaternary nitrogens is 1. The minimum Gasteiger partial charge on any atom is -0.550 e. The number of hydrogen-bond acceptors (Lipinski definition) is 2. The van der Waals surface area contributed by atoms with Crippen molar-refractivity contribution in [2.24, 2.45) is 23.2 Å². The van der Waals surface area contributed by atoms with Crippen LogP contribution in [0.4, 0.5) is 5.69 Å². The summed E-state index contributed by atoms with van der Waals surface area (Å²) in [4.78, 5) is 11.1. The van der Waals surface area contributed by atoms with Crippen molar-refractivity contribution in [1.29, 1.82) is 0 Å². The fourth-order valence-corrected chi connectivity index (χ4v) is 6.86. The Hall–Kier alpha value is -1.35. The predicted octanol–water partition coefficient (Wildman–Crippen LogP) is 5.30. The van der Waals surface area contributed by atoms with Crippen LogP contribution in [-0.4, -0.2) is 25.6 Å². The van der Waals surface area contributed by atoms with E-state index in [2.05, 4.69) is 65.8 Å². The molecule has 0 unspecified atom stereocenters. The van der Waals surface area contributed by atoms with Gasteiger partial charge in [0.1, 0.15) is 5.69 Å². The summed E-state index contributed by atoms with van der Waals surface area (Å²) in [5.41, 5.74) is 2.72. The molecule has 0 spiro atoms. The number of hydrogen-bond donors (Lipinski definition) is 0. The van der Waals surface area contributed by atoms with E-state index in [4.69, 9.17) is 0 Å². The summed E-state index contributed by atoms with van der Waals surface area (Å²) in [7, 11) is 0. The Kier molecular flexibility index (Phi) is 6.72. The Morgan fingerprint density at radius 2 is 1.30 bits per heavy atom. The molecule has 0 heterocycles. The number of benzene rings is 1. The first kappa shape index (κ1) is 23.3. The topological polar surface area (TPSA) is 40.1 Å². The molecule has 4 fully saturated rings.